The molecule has 3 rings (SSSR count). The third-order valence-electron chi connectivity index (χ3n) is 4.03. The van der Waals surface area contributed by atoms with Gasteiger partial charge in [-0.1, -0.05) is 32.4 Å². The second-order valence-electron chi connectivity index (χ2n) is 5.83. The summed E-state index contributed by atoms with van der Waals surface area (Å²) in [6.45, 7) is 10.0. The van der Waals surface area contributed by atoms with E-state index in [1.54, 1.807) is 6.20 Å². The molecule has 1 aromatic rings. The maximum atomic E-state index is 13.0. The summed E-state index contributed by atoms with van der Waals surface area (Å²) in [7, 11) is 0. The molecule has 2 heterocycles. The van der Waals surface area contributed by atoms with Crippen LogP contribution in [-0.4, -0.2) is 40.4 Å². The van der Waals surface area contributed by atoms with Crippen LogP contribution in [0.25, 0.3) is 0 Å². The van der Waals surface area contributed by atoms with Crippen LogP contribution in [0.5, 0.6) is 0 Å². The predicted octanol–water partition coefficient (Wildman–Crippen LogP) is 4.62. The van der Waals surface area contributed by atoms with Gasteiger partial charge < -0.3 is 0 Å². The standard InChI is InChI=1S/C10H18FN.C4H5ClN2.C2H6/c1-8-5-10(6-8)12-4-2-3-9(11)7-12;1-3-2-6-7-4(3)5;1-2/h8-10H,2-7H2,1H3;2H,1H3,(H,6,7);1-2H3. The molecule has 2 aliphatic rings. The number of aromatic amines is 1. The van der Waals surface area contributed by atoms with Crippen molar-refractivity contribution in [3.63, 3.8) is 0 Å². The van der Waals surface area contributed by atoms with Crippen molar-refractivity contribution >= 4 is 11.6 Å². The van der Waals surface area contributed by atoms with Crippen LogP contribution in [0.4, 0.5) is 4.39 Å². The number of alkyl halides is 1. The number of aryl methyl sites for hydroxylation is 1. The predicted molar refractivity (Wildman–Crippen MR) is 87.6 cm³/mol. The number of hydrogen-bond donors (Lipinski definition) is 1. The number of nitrogens with one attached hydrogen (secondary N) is 1. The molecule has 21 heavy (non-hydrogen) atoms. The summed E-state index contributed by atoms with van der Waals surface area (Å²) in [6, 6.07) is 0.721. The molecular weight excluding hydrogens is 289 g/mol. The molecule has 0 bridgehead atoms. The molecule has 1 saturated carbocycles. The largest absolute Gasteiger partial charge is 0.297 e. The maximum absolute atomic E-state index is 13.0. The van der Waals surface area contributed by atoms with E-state index in [0.717, 1.165) is 36.9 Å². The number of aromatic nitrogens is 2. The second kappa shape index (κ2) is 9.42. The number of rotatable bonds is 1. The van der Waals surface area contributed by atoms with Gasteiger partial charge in [0.2, 0.25) is 0 Å². The summed E-state index contributed by atoms with van der Waals surface area (Å²) in [6.07, 6.45) is 5.58. The molecule has 122 valence electrons. The van der Waals surface area contributed by atoms with Crippen molar-refractivity contribution < 1.29 is 4.39 Å². The molecule has 5 heteroatoms. The highest BCUT2D eigenvalue weighted by Gasteiger charge is 2.33. The monoisotopic (exact) mass is 317 g/mol. The Bertz CT molecular complexity index is 374. The Morgan fingerprint density at radius 3 is 2.43 bits per heavy atom. The van der Waals surface area contributed by atoms with Gasteiger partial charge in [0.15, 0.2) is 0 Å². The molecule has 0 amide bonds. The van der Waals surface area contributed by atoms with Gasteiger partial charge in [0, 0.05) is 18.2 Å². The lowest BCUT2D eigenvalue weighted by Crippen LogP contribution is -2.49. The van der Waals surface area contributed by atoms with Crippen LogP contribution < -0.4 is 0 Å². The quantitative estimate of drug-likeness (QED) is 0.819. The molecule has 0 aromatic carbocycles. The normalized spacial score (nSPS) is 28.6. The average Bonchev–Trinajstić information content (AvgIpc) is 2.82. The zero-order valence-corrected chi connectivity index (χ0v) is 14.5. The van der Waals surface area contributed by atoms with Gasteiger partial charge >= 0.3 is 0 Å². The van der Waals surface area contributed by atoms with Crippen LogP contribution in [0.15, 0.2) is 6.20 Å². The molecular formula is C16H29ClFN3. The van der Waals surface area contributed by atoms with Crippen molar-refractivity contribution in [3.05, 3.63) is 16.9 Å². The van der Waals surface area contributed by atoms with Crippen molar-refractivity contribution in [1.29, 1.82) is 0 Å². The van der Waals surface area contributed by atoms with E-state index in [0.29, 0.717) is 11.7 Å². The van der Waals surface area contributed by atoms with Gasteiger partial charge in [-0.3, -0.25) is 10.00 Å². The second-order valence-corrected chi connectivity index (χ2v) is 6.21. The first-order valence-electron chi connectivity index (χ1n) is 8.10. The summed E-state index contributed by atoms with van der Waals surface area (Å²) in [4.78, 5) is 2.36. The van der Waals surface area contributed by atoms with Crippen molar-refractivity contribution in [1.82, 2.24) is 15.1 Å². The van der Waals surface area contributed by atoms with Gasteiger partial charge in [-0.2, -0.15) is 5.10 Å². The lowest BCUT2D eigenvalue weighted by molar-refractivity contribution is 0.0374. The molecule has 1 N–H and O–H groups in total. The van der Waals surface area contributed by atoms with E-state index in [-0.39, 0.29) is 0 Å². The van der Waals surface area contributed by atoms with Gasteiger partial charge in [-0.25, -0.2) is 4.39 Å². The highest BCUT2D eigenvalue weighted by molar-refractivity contribution is 6.30. The fourth-order valence-corrected chi connectivity index (χ4v) is 2.87. The van der Waals surface area contributed by atoms with Crippen LogP contribution >= 0.6 is 11.6 Å². The summed E-state index contributed by atoms with van der Waals surface area (Å²) >= 11 is 5.51. The summed E-state index contributed by atoms with van der Waals surface area (Å²) in [5.74, 6) is 0.884. The van der Waals surface area contributed by atoms with Gasteiger partial charge in [-0.15, -0.1) is 0 Å². The summed E-state index contributed by atoms with van der Waals surface area (Å²) in [5.41, 5.74) is 0.988. The van der Waals surface area contributed by atoms with E-state index in [1.165, 1.54) is 12.8 Å². The van der Waals surface area contributed by atoms with E-state index >= 15 is 0 Å². The molecule has 1 aliphatic carbocycles. The van der Waals surface area contributed by atoms with E-state index in [4.69, 9.17) is 11.6 Å². The highest BCUT2D eigenvalue weighted by atomic mass is 35.5. The average molecular weight is 318 g/mol. The number of piperidine rings is 1. The van der Waals surface area contributed by atoms with E-state index in [2.05, 4.69) is 22.0 Å². The van der Waals surface area contributed by atoms with E-state index in [1.807, 2.05) is 20.8 Å². The molecule has 1 aliphatic heterocycles. The fraction of sp³-hybridized carbons (Fsp3) is 0.812. The van der Waals surface area contributed by atoms with Crippen molar-refractivity contribution in [3.8, 4) is 0 Å². The number of hydrogen-bond acceptors (Lipinski definition) is 2. The molecule has 1 atom stereocenters. The molecule has 2 fully saturated rings. The third kappa shape index (κ3) is 5.95. The third-order valence-corrected chi connectivity index (χ3v) is 4.41. The molecule has 0 radical (unpaired) electrons. The Morgan fingerprint density at radius 1 is 1.38 bits per heavy atom. The minimum atomic E-state index is -0.547. The van der Waals surface area contributed by atoms with E-state index in [9.17, 15) is 4.39 Å². The Morgan fingerprint density at radius 2 is 2.05 bits per heavy atom. The smallest absolute Gasteiger partial charge is 0.127 e. The number of likely N-dealkylation sites (tertiary alicyclic amines) is 1. The molecule has 3 nitrogen and oxygen atoms in total. The molecule has 1 unspecified atom stereocenters. The van der Waals surface area contributed by atoms with Crippen molar-refractivity contribution in [2.45, 2.75) is 65.6 Å². The number of halogens is 2. The summed E-state index contributed by atoms with van der Waals surface area (Å²) < 4.78 is 13.0. The minimum absolute atomic E-state index is 0.547. The zero-order chi connectivity index (χ0) is 15.8. The summed E-state index contributed by atoms with van der Waals surface area (Å²) in [5, 5.41) is 6.87. The molecule has 0 spiro atoms. The SMILES string of the molecule is CC.CC1CC(N2CCCC(F)C2)C1.Cc1cn[nH]c1Cl. The van der Waals surface area contributed by atoms with Crippen LogP contribution in [-0.2, 0) is 0 Å². The van der Waals surface area contributed by atoms with E-state index < -0.39 is 6.17 Å². The van der Waals surface area contributed by atoms with Gasteiger partial charge in [0.05, 0.1) is 6.20 Å². The number of nitrogens with zero attached hydrogens (tertiary/aromatic N) is 2. The fourth-order valence-electron chi connectivity index (χ4n) is 2.77. The Balaban J connectivity index is 0.000000210. The molecule has 1 aromatic heterocycles. The van der Waals surface area contributed by atoms with Crippen molar-refractivity contribution in [2.24, 2.45) is 5.92 Å². The molecule has 1 saturated heterocycles. The van der Waals surface area contributed by atoms with Gasteiger partial charge in [0.1, 0.15) is 11.3 Å². The topological polar surface area (TPSA) is 31.9 Å². The Kier molecular flexibility index (Phi) is 8.27. The Hall–Kier alpha value is -0.610. The lowest BCUT2D eigenvalue weighted by Gasteiger charge is -2.44. The van der Waals surface area contributed by atoms with Crippen LogP contribution in [0.2, 0.25) is 5.15 Å². The van der Waals surface area contributed by atoms with Crippen LogP contribution in [0, 0.1) is 12.8 Å². The maximum Gasteiger partial charge on any atom is 0.127 e. The van der Waals surface area contributed by atoms with Crippen LogP contribution in [0.3, 0.4) is 0 Å². The highest BCUT2D eigenvalue weighted by Crippen LogP contribution is 2.32. The van der Waals surface area contributed by atoms with Crippen molar-refractivity contribution in [2.75, 3.05) is 13.1 Å². The van der Waals surface area contributed by atoms with Crippen LogP contribution in [0.1, 0.15) is 52.0 Å². The lowest BCUT2D eigenvalue weighted by atomic mass is 9.80. The minimum Gasteiger partial charge on any atom is -0.297 e. The Labute approximate surface area is 133 Å². The first kappa shape index (κ1) is 18.4. The van der Waals surface area contributed by atoms with Gasteiger partial charge in [-0.05, 0) is 45.1 Å². The van der Waals surface area contributed by atoms with Gasteiger partial charge in [0.25, 0.3) is 0 Å². The first-order valence-corrected chi connectivity index (χ1v) is 8.47. The zero-order valence-electron chi connectivity index (χ0n) is 13.7. The number of H-pyrrole nitrogens is 1. The first-order chi connectivity index (χ1) is 10.1.